The SMILES string of the molecule is COS(=O)c1ccc(-c2ccc3ncc(-c4cccnc4)n3n2)cc1. The summed E-state index contributed by atoms with van der Waals surface area (Å²) in [5.74, 6) is 0. The molecule has 124 valence electrons. The van der Waals surface area contributed by atoms with Gasteiger partial charge in [0.25, 0.3) is 0 Å². The summed E-state index contributed by atoms with van der Waals surface area (Å²) in [7, 11) is 1.42. The normalized spacial score (nSPS) is 12.4. The number of pyridine rings is 1. The largest absolute Gasteiger partial charge is 0.290 e. The van der Waals surface area contributed by atoms with Crippen molar-refractivity contribution in [3.63, 3.8) is 0 Å². The first-order valence-electron chi connectivity index (χ1n) is 7.58. The molecule has 0 saturated heterocycles. The van der Waals surface area contributed by atoms with Crippen molar-refractivity contribution in [3.05, 3.63) is 67.1 Å². The first-order valence-corrected chi connectivity index (χ1v) is 8.65. The van der Waals surface area contributed by atoms with Gasteiger partial charge in [0.15, 0.2) is 16.7 Å². The second-order valence-electron chi connectivity index (χ2n) is 5.30. The molecular formula is C18H14N4O2S. The average Bonchev–Trinajstić information content (AvgIpc) is 3.11. The van der Waals surface area contributed by atoms with Crippen LogP contribution in [0.3, 0.4) is 0 Å². The van der Waals surface area contributed by atoms with Gasteiger partial charge in [-0.3, -0.25) is 9.17 Å². The molecule has 0 amide bonds. The second kappa shape index (κ2) is 6.54. The third-order valence-corrected chi connectivity index (χ3v) is 4.77. The van der Waals surface area contributed by atoms with Crippen molar-refractivity contribution in [2.45, 2.75) is 4.90 Å². The van der Waals surface area contributed by atoms with E-state index in [1.54, 1.807) is 35.2 Å². The Balaban J connectivity index is 1.77. The topological polar surface area (TPSA) is 69.4 Å². The fraction of sp³-hybridized carbons (Fsp3) is 0.0556. The monoisotopic (exact) mass is 350 g/mol. The van der Waals surface area contributed by atoms with Crippen LogP contribution in [0.1, 0.15) is 0 Å². The molecule has 4 rings (SSSR count). The van der Waals surface area contributed by atoms with Gasteiger partial charge in [-0.25, -0.2) is 13.7 Å². The lowest BCUT2D eigenvalue weighted by atomic mass is 10.1. The van der Waals surface area contributed by atoms with Gasteiger partial charge in [-0.15, -0.1) is 0 Å². The van der Waals surface area contributed by atoms with Crippen molar-refractivity contribution in [1.82, 2.24) is 19.6 Å². The highest BCUT2D eigenvalue weighted by atomic mass is 32.2. The minimum atomic E-state index is -1.44. The molecule has 0 aliphatic heterocycles. The van der Waals surface area contributed by atoms with Crippen LogP contribution < -0.4 is 0 Å². The molecule has 3 aromatic heterocycles. The fourth-order valence-electron chi connectivity index (χ4n) is 2.57. The van der Waals surface area contributed by atoms with Crippen LogP contribution >= 0.6 is 0 Å². The number of hydrogen-bond acceptors (Lipinski definition) is 5. The molecule has 4 aromatic rings. The van der Waals surface area contributed by atoms with E-state index in [1.807, 2.05) is 36.4 Å². The number of nitrogens with zero attached hydrogens (tertiary/aromatic N) is 4. The Morgan fingerprint density at radius 3 is 2.56 bits per heavy atom. The van der Waals surface area contributed by atoms with Gasteiger partial charge < -0.3 is 0 Å². The summed E-state index contributed by atoms with van der Waals surface area (Å²) < 4.78 is 18.3. The maximum absolute atomic E-state index is 11.7. The molecule has 6 nitrogen and oxygen atoms in total. The molecule has 0 N–H and O–H groups in total. The van der Waals surface area contributed by atoms with Crippen molar-refractivity contribution >= 4 is 16.7 Å². The zero-order chi connectivity index (χ0) is 17.2. The van der Waals surface area contributed by atoms with Gasteiger partial charge in [0.05, 0.1) is 29.6 Å². The van der Waals surface area contributed by atoms with Gasteiger partial charge in [0.2, 0.25) is 0 Å². The third-order valence-electron chi connectivity index (χ3n) is 3.81. The first kappa shape index (κ1) is 15.6. The number of rotatable bonds is 4. The lowest BCUT2D eigenvalue weighted by Gasteiger charge is -2.05. The molecule has 0 fully saturated rings. The van der Waals surface area contributed by atoms with E-state index in [0.717, 1.165) is 28.2 Å². The minimum absolute atomic E-state index is 0.617. The van der Waals surface area contributed by atoms with Crippen LogP contribution in [-0.2, 0) is 15.3 Å². The van der Waals surface area contributed by atoms with Crippen LogP contribution in [0.5, 0.6) is 0 Å². The molecule has 0 radical (unpaired) electrons. The number of hydrogen-bond donors (Lipinski definition) is 0. The zero-order valence-corrected chi connectivity index (χ0v) is 14.2. The highest BCUT2D eigenvalue weighted by Gasteiger charge is 2.10. The summed E-state index contributed by atoms with van der Waals surface area (Å²) >= 11 is -1.44. The fourth-order valence-corrected chi connectivity index (χ4v) is 3.12. The smallest absolute Gasteiger partial charge is 0.188 e. The van der Waals surface area contributed by atoms with Crippen LogP contribution in [0, 0.1) is 0 Å². The Morgan fingerprint density at radius 2 is 1.84 bits per heavy atom. The van der Waals surface area contributed by atoms with E-state index >= 15 is 0 Å². The van der Waals surface area contributed by atoms with Crippen molar-refractivity contribution in [2.75, 3.05) is 7.11 Å². The minimum Gasteiger partial charge on any atom is -0.290 e. The van der Waals surface area contributed by atoms with E-state index in [1.165, 1.54) is 7.11 Å². The molecular weight excluding hydrogens is 336 g/mol. The summed E-state index contributed by atoms with van der Waals surface area (Å²) in [5.41, 5.74) is 4.31. The average molecular weight is 350 g/mol. The van der Waals surface area contributed by atoms with Crippen LogP contribution in [0.2, 0.25) is 0 Å². The third kappa shape index (κ3) is 2.95. The molecule has 0 saturated carbocycles. The van der Waals surface area contributed by atoms with Crippen LogP contribution in [-0.4, -0.2) is 30.9 Å². The quantitative estimate of drug-likeness (QED) is 0.565. The summed E-state index contributed by atoms with van der Waals surface area (Å²) in [4.78, 5) is 9.16. The van der Waals surface area contributed by atoms with Crippen molar-refractivity contribution < 1.29 is 8.39 Å². The van der Waals surface area contributed by atoms with Gasteiger partial charge in [0.1, 0.15) is 0 Å². The van der Waals surface area contributed by atoms with E-state index in [9.17, 15) is 4.21 Å². The van der Waals surface area contributed by atoms with Crippen LogP contribution in [0.4, 0.5) is 0 Å². The Bertz CT molecular complexity index is 1050. The molecule has 3 heterocycles. The zero-order valence-electron chi connectivity index (χ0n) is 13.4. The molecule has 7 heteroatoms. The Kier molecular flexibility index (Phi) is 4.09. The number of fused-ring (bicyclic) bond motifs is 1. The Labute approximate surface area is 146 Å². The molecule has 1 unspecified atom stereocenters. The number of aromatic nitrogens is 4. The van der Waals surface area contributed by atoms with E-state index < -0.39 is 11.1 Å². The highest BCUT2D eigenvalue weighted by molar-refractivity contribution is 7.80. The van der Waals surface area contributed by atoms with Crippen molar-refractivity contribution in [1.29, 1.82) is 0 Å². The lowest BCUT2D eigenvalue weighted by Crippen LogP contribution is -1.97. The van der Waals surface area contributed by atoms with Crippen LogP contribution in [0.25, 0.3) is 28.2 Å². The summed E-state index contributed by atoms with van der Waals surface area (Å²) in [5, 5.41) is 4.70. The van der Waals surface area contributed by atoms with Crippen molar-refractivity contribution in [3.8, 4) is 22.5 Å². The van der Waals surface area contributed by atoms with E-state index in [0.29, 0.717) is 4.90 Å². The van der Waals surface area contributed by atoms with Gasteiger partial charge >= 0.3 is 0 Å². The van der Waals surface area contributed by atoms with Gasteiger partial charge in [0, 0.05) is 23.5 Å². The molecule has 0 spiro atoms. The predicted octanol–water partition coefficient (Wildman–Crippen LogP) is 3.13. The standard InChI is InChI=1S/C18H14N4O2S/c1-24-25(23)15-6-4-13(5-7-15)16-8-9-18-20-12-17(22(18)21-16)14-3-2-10-19-11-14/h2-12H,1H3. The van der Waals surface area contributed by atoms with E-state index in [-0.39, 0.29) is 0 Å². The second-order valence-corrected chi connectivity index (χ2v) is 6.57. The first-order chi connectivity index (χ1) is 12.3. The maximum atomic E-state index is 11.7. The molecule has 0 aliphatic rings. The Hall–Kier alpha value is -2.90. The number of benzene rings is 1. The molecule has 0 bridgehead atoms. The maximum Gasteiger partial charge on any atom is 0.188 e. The van der Waals surface area contributed by atoms with Crippen molar-refractivity contribution in [2.24, 2.45) is 0 Å². The van der Waals surface area contributed by atoms with Crippen LogP contribution in [0.15, 0.2) is 72.0 Å². The lowest BCUT2D eigenvalue weighted by molar-refractivity contribution is 0.446. The van der Waals surface area contributed by atoms with Gasteiger partial charge in [-0.05, 0) is 36.4 Å². The van der Waals surface area contributed by atoms with E-state index in [2.05, 4.69) is 9.97 Å². The molecule has 0 aliphatic carbocycles. The van der Waals surface area contributed by atoms with Gasteiger partial charge in [-0.2, -0.15) is 5.10 Å². The van der Waals surface area contributed by atoms with E-state index in [4.69, 9.17) is 9.28 Å². The number of imidazole rings is 1. The predicted molar refractivity (Wildman–Crippen MR) is 95.1 cm³/mol. The molecule has 1 atom stereocenters. The van der Waals surface area contributed by atoms with Gasteiger partial charge in [-0.1, -0.05) is 12.1 Å². The summed E-state index contributed by atoms with van der Waals surface area (Å²) in [6, 6.07) is 15.0. The summed E-state index contributed by atoms with van der Waals surface area (Å²) in [6.07, 6.45) is 5.30. The molecule has 25 heavy (non-hydrogen) atoms. The Morgan fingerprint density at radius 1 is 1.00 bits per heavy atom. The molecule has 1 aromatic carbocycles. The summed E-state index contributed by atoms with van der Waals surface area (Å²) in [6.45, 7) is 0. The highest BCUT2D eigenvalue weighted by Crippen LogP contribution is 2.23.